The first-order valence-electron chi connectivity index (χ1n) is 13.0. The molecule has 3 rings (SSSR count). The molecule has 220 valence electrons. The van der Waals surface area contributed by atoms with Crippen LogP contribution in [0.4, 0.5) is 10.1 Å². The molecule has 0 saturated carbocycles. The third-order valence-corrected chi connectivity index (χ3v) is 8.46. The van der Waals surface area contributed by atoms with Crippen LogP contribution in [-0.2, 0) is 32.8 Å². The van der Waals surface area contributed by atoms with Gasteiger partial charge in [0.25, 0.3) is 0 Å². The van der Waals surface area contributed by atoms with Crippen LogP contribution in [0.3, 0.4) is 0 Å². The van der Waals surface area contributed by atoms with Gasteiger partial charge >= 0.3 is 10.2 Å². The number of halogens is 2. The van der Waals surface area contributed by atoms with Gasteiger partial charge in [0.1, 0.15) is 18.4 Å². The molecule has 0 aliphatic carbocycles. The van der Waals surface area contributed by atoms with Crippen molar-refractivity contribution in [3.8, 4) is 0 Å². The molecule has 0 aromatic heterocycles. The molecular formula is C30H36BrFN4O4S. The molecule has 0 heterocycles. The predicted molar refractivity (Wildman–Crippen MR) is 163 cm³/mol. The van der Waals surface area contributed by atoms with Crippen molar-refractivity contribution >= 4 is 43.6 Å². The van der Waals surface area contributed by atoms with Gasteiger partial charge in [-0.3, -0.25) is 9.59 Å². The fraction of sp³-hybridized carbons (Fsp3) is 0.333. The Morgan fingerprint density at radius 3 is 2.10 bits per heavy atom. The van der Waals surface area contributed by atoms with Crippen LogP contribution in [0.15, 0.2) is 83.3 Å². The van der Waals surface area contributed by atoms with Gasteiger partial charge in [0, 0.05) is 37.1 Å². The van der Waals surface area contributed by atoms with E-state index in [-0.39, 0.29) is 24.6 Å². The second kappa shape index (κ2) is 13.6. The molecule has 41 heavy (non-hydrogen) atoms. The summed E-state index contributed by atoms with van der Waals surface area (Å²) in [4.78, 5) is 29.4. The minimum Gasteiger partial charge on any atom is -0.350 e. The Morgan fingerprint density at radius 1 is 0.927 bits per heavy atom. The average Bonchev–Trinajstić information content (AvgIpc) is 2.89. The maximum absolute atomic E-state index is 14.2. The van der Waals surface area contributed by atoms with Gasteiger partial charge in [-0.25, -0.2) is 8.70 Å². The maximum atomic E-state index is 14.2. The van der Waals surface area contributed by atoms with E-state index in [1.165, 1.54) is 31.1 Å². The van der Waals surface area contributed by atoms with Crippen LogP contribution in [0.1, 0.15) is 31.9 Å². The third-order valence-electron chi connectivity index (χ3n) is 6.14. The number of benzene rings is 3. The number of nitrogens with zero attached hydrogens (tertiary/aromatic N) is 3. The standard InChI is InChI=1S/C30H36BrFN4O4S/c1-30(2,3)33-29(38)27(19-22-10-7-6-8-11-22)35(20-23-12-9-13-24(31)18-23)28(37)21-36(41(39,40)34(4)5)26-16-14-25(32)15-17-26/h6-18,27H,19-21H2,1-5H3,(H,33,38)/t27-/m1/s1. The summed E-state index contributed by atoms with van der Waals surface area (Å²) in [5.74, 6) is -1.50. The summed E-state index contributed by atoms with van der Waals surface area (Å²) in [6.07, 6.45) is 0.208. The largest absolute Gasteiger partial charge is 0.350 e. The van der Waals surface area contributed by atoms with Gasteiger partial charge in [-0.2, -0.15) is 12.7 Å². The summed E-state index contributed by atoms with van der Waals surface area (Å²) in [5, 5.41) is 2.99. The molecule has 0 aliphatic heterocycles. The molecule has 0 saturated heterocycles. The summed E-state index contributed by atoms with van der Waals surface area (Å²) >= 11 is 3.46. The third kappa shape index (κ3) is 9.11. The molecule has 0 aliphatic rings. The van der Waals surface area contributed by atoms with Crippen LogP contribution < -0.4 is 9.62 Å². The van der Waals surface area contributed by atoms with Gasteiger partial charge in [-0.05, 0) is 68.3 Å². The Kier molecular flexibility index (Phi) is 10.7. The van der Waals surface area contributed by atoms with Gasteiger partial charge < -0.3 is 10.2 Å². The molecule has 0 unspecified atom stereocenters. The van der Waals surface area contributed by atoms with Crippen molar-refractivity contribution < 1.29 is 22.4 Å². The molecule has 8 nitrogen and oxygen atoms in total. The predicted octanol–water partition coefficient (Wildman–Crippen LogP) is 4.76. The Hall–Kier alpha value is -3.28. The fourth-order valence-electron chi connectivity index (χ4n) is 4.16. The van der Waals surface area contributed by atoms with Crippen molar-refractivity contribution in [2.45, 2.75) is 45.3 Å². The monoisotopic (exact) mass is 646 g/mol. The van der Waals surface area contributed by atoms with E-state index in [4.69, 9.17) is 0 Å². The molecule has 2 amide bonds. The second-order valence-electron chi connectivity index (χ2n) is 10.9. The van der Waals surface area contributed by atoms with Crippen LogP contribution in [0, 0.1) is 5.82 Å². The van der Waals surface area contributed by atoms with Crippen LogP contribution in [0.5, 0.6) is 0 Å². The van der Waals surface area contributed by atoms with Gasteiger partial charge in [0.05, 0.1) is 5.69 Å². The number of carbonyl (C=O) groups is 2. The van der Waals surface area contributed by atoms with Crippen LogP contribution in [-0.4, -0.2) is 61.7 Å². The summed E-state index contributed by atoms with van der Waals surface area (Å²) in [6.45, 7) is 5.00. The highest BCUT2D eigenvalue weighted by Crippen LogP contribution is 2.23. The molecule has 0 spiro atoms. The molecule has 3 aromatic rings. The molecule has 0 bridgehead atoms. The highest BCUT2D eigenvalue weighted by Gasteiger charge is 2.35. The molecular weight excluding hydrogens is 611 g/mol. The van der Waals surface area contributed by atoms with E-state index in [1.807, 2.05) is 75.4 Å². The highest BCUT2D eigenvalue weighted by atomic mass is 79.9. The number of amides is 2. The van der Waals surface area contributed by atoms with Crippen molar-refractivity contribution in [2.75, 3.05) is 24.9 Å². The lowest BCUT2D eigenvalue weighted by Gasteiger charge is -2.35. The molecule has 1 N–H and O–H groups in total. The van der Waals surface area contributed by atoms with Crippen molar-refractivity contribution in [1.29, 1.82) is 0 Å². The molecule has 0 radical (unpaired) electrons. The topological polar surface area (TPSA) is 90.0 Å². The van der Waals surface area contributed by atoms with E-state index in [1.54, 1.807) is 0 Å². The quantitative estimate of drug-likeness (QED) is 0.325. The van der Waals surface area contributed by atoms with E-state index < -0.39 is 40.1 Å². The zero-order valence-corrected chi connectivity index (χ0v) is 26.2. The second-order valence-corrected chi connectivity index (χ2v) is 13.9. The van der Waals surface area contributed by atoms with E-state index in [0.29, 0.717) is 0 Å². The summed E-state index contributed by atoms with van der Waals surface area (Å²) in [5.41, 5.74) is 1.13. The molecule has 1 atom stereocenters. The Bertz CT molecular complexity index is 1450. The number of nitrogens with one attached hydrogen (secondary N) is 1. The molecule has 0 fully saturated rings. The zero-order chi connectivity index (χ0) is 30.4. The van der Waals surface area contributed by atoms with Crippen molar-refractivity contribution in [1.82, 2.24) is 14.5 Å². The van der Waals surface area contributed by atoms with E-state index >= 15 is 0 Å². The number of hydrogen-bond acceptors (Lipinski definition) is 4. The number of carbonyl (C=O) groups excluding carboxylic acids is 2. The van der Waals surface area contributed by atoms with E-state index in [2.05, 4.69) is 21.2 Å². The first kappa shape index (κ1) is 32.2. The first-order chi connectivity index (χ1) is 19.2. The van der Waals surface area contributed by atoms with Crippen LogP contribution in [0.2, 0.25) is 0 Å². The highest BCUT2D eigenvalue weighted by molar-refractivity contribution is 9.10. The Balaban J connectivity index is 2.11. The average molecular weight is 648 g/mol. The SMILES string of the molecule is CN(C)S(=O)(=O)N(CC(=O)N(Cc1cccc(Br)c1)[C@H](Cc1ccccc1)C(=O)NC(C)(C)C)c1ccc(F)cc1. The Labute approximate surface area is 250 Å². The lowest BCUT2D eigenvalue weighted by Crippen LogP contribution is -2.56. The van der Waals surface area contributed by atoms with Gasteiger partial charge in [-0.1, -0.05) is 58.4 Å². The summed E-state index contributed by atoms with van der Waals surface area (Å²) < 4.78 is 43.1. The summed E-state index contributed by atoms with van der Waals surface area (Å²) in [7, 11) is -1.45. The van der Waals surface area contributed by atoms with Crippen molar-refractivity contribution in [3.63, 3.8) is 0 Å². The number of anilines is 1. The molecule has 3 aromatic carbocycles. The maximum Gasteiger partial charge on any atom is 0.304 e. The van der Waals surface area contributed by atoms with E-state index in [9.17, 15) is 22.4 Å². The van der Waals surface area contributed by atoms with Gasteiger partial charge in [-0.15, -0.1) is 0 Å². The lowest BCUT2D eigenvalue weighted by atomic mass is 10.0. The van der Waals surface area contributed by atoms with E-state index in [0.717, 1.165) is 36.3 Å². The normalized spacial score (nSPS) is 12.6. The van der Waals surface area contributed by atoms with Crippen molar-refractivity contribution in [3.05, 3.63) is 100 Å². The fourth-order valence-corrected chi connectivity index (χ4v) is 5.67. The van der Waals surface area contributed by atoms with Crippen LogP contribution >= 0.6 is 15.9 Å². The molecule has 11 heteroatoms. The summed E-state index contributed by atoms with van der Waals surface area (Å²) in [6, 6.07) is 20.6. The zero-order valence-electron chi connectivity index (χ0n) is 23.8. The van der Waals surface area contributed by atoms with Crippen LogP contribution in [0.25, 0.3) is 0 Å². The minimum atomic E-state index is -4.16. The minimum absolute atomic E-state index is 0.0482. The number of rotatable bonds is 11. The van der Waals surface area contributed by atoms with Crippen molar-refractivity contribution in [2.24, 2.45) is 0 Å². The lowest BCUT2D eigenvalue weighted by molar-refractivity contribution is -0.140. The first-order valence-corrected chi connectivity index (χ1v) is 15.2. The van der Waals surface area contributed by atoms with Gasteiger partial charge in [0.2, 0.25) is 11.8 Å². The number of hydrogen-bond donors (Lipinski definition) is 1. The van der Waals surface area contributed by atoms with Gasteiger partial charge in [0.15, 0.2) is 0 Å². The smallest absolute Gasteiger partial charge is 0.304 e. The Morgan fingerprint density at radius 2 is 1.54 bits per heavy atom.